The van der Waals surface area contributed by atoms with E-state index in [-0.39, 0.29) is 24.7 Å². The lowest BCUT2D eigenvalue weighted by atomic mass is 9.75. The van der Waals surface area contributed by atoms with Crippen LogP contribution in [0, 0.1) is 17.0 Å². The Bertz CT molecular complexity index is 1640. The number of nitrogens with one attached hydrogen (secondary N) is 1. The molecule has 0 aliphatic heterocycles. The van der Waals surface area contributed by atoms with Crippen LogP contribution < -0.4 is 11.1 Å². The zero-order valence-electron chi connectivity index (χ0n) is 25.0. The van der Waals surface area contributed by atoms with Crippen molar-refractivity contribution in [1.82, 2.24) is 9.78 Å². The van der Waals surface area contributed by atoms with Gasteiger partial charge in [-0.3, -0.25) is 9.48 Å². The molecule has 0 bridgehead atoms. The van der Waals surface area contributed by atoms with Gasteiger partial charge in [-0.2, -0.15) is 5.10 Å². The van der Waals surface area contributed by atoms with Gasteiger partial charge in [0.1, 0.15) is 23.7 Å². The Morgan fingerprint density at radius 1 is 1.16 bits per heavy atom. The molecule has 0 radical (unpaired) electrons. The van der Waals surface area contributed by atoms with Crippen LogP contribution in [-0.2, 0) is 28.1 Å². The van der Waals surface area contributed by atoms with Crippen molar-refractivity contribution in [3.8, 4) is 0 Å². The van der Waals surface area contributed by atoms with Gasteiger partial charge in [-0.1, -0.05) is 36.9 Å². The van der Waals surface area contributed by atoms with Crippen LogP contribution in [0.5, 0.6) is 0 Å². The summed E-state index contributed by atoms with van der Waals surface area (Å²) in [4.78, 5) is 28.8. The standard InChI is InChI=1S/C33H37F2N5O3/c1-20(2)29(33(7,19-41)24-16-38-40(17-24)18-32(5,6)31(42)43)30(36)39-22(4)21(3)26-13-12-25(34)14-28(26)37-15-23-10-8-9-11-27(23)35/h8-14,16-17,19,37H,1,3,15,18,36H2,2,4-7H3,(H,42,43)/b30-29+,39-22?. The molecule has 10 heteroatoms. The molecular formula is C33H37F2N5O3. The highest BCUT2D eigenvalue weighted by Crippen LogP contribution is 2.36. The minimum absolute atomic E-state index is 0.0161. The summed E-state index contributed by atoms with van der Waals surface area (Å²) in [5.41, 5.74) is 7.58. The summed E-state index contributed by atoms with van der Waals surface area (Å²) in [6, 6.07) is 10.4. The number of nitrogens with two attached hydrogens (primary N) is 1. The average molecular weight is 590 g/mol. The summed E-state index contributed by atoms with van der Waals surface area (Å²) in [6.07, 6.45) is 3.82. The lowest BCUT2D eigenvalue weighted by Crippen LogP contribution is -2.30. The van der Waals surface area contributed by atoms with E-state index in [1.54, 1.807) is 65.1 Å². The van der Waals surface area contributed by atoms with Gasteiger partial charge in [-0.25, -0.2) is 13.8 Å². The van der Waals surface area contributed by atoms with Crippen LogP contribution in [0.1, 0.15) is 51.3 Å². The Hall–Kier alpha value is -4.86. The summed E-state index contributed by atoms with van der Waals surface area (Å²) in [7, 11) is 0. The molecule has 2 aromatic carbocycles. The number of carbonyl (C=O) groups is 2. The number of aromatic nitrogens is 2. The number of nitrogens with zero attached hydrogens (tertiary/aromatic N) is 3. The number of aldehydes is 1. The summed E-state index contributed by atoms with van der Waals surface area (Å²) in [5, 5.41) is 16.8. The number of halogens is 2. The number of rotatable bonds is 13. The number of aliphatic imine (C=N–C) groups is 1. The van der Waals surface area contributed by atoms with Crippen LogP contribution in [0.3, 0.4) is 0 Å². The molecule has 0 amide bonds. The van der Waals surface area contributed by atoms with Crippen LogP contribution >= 0.6 is 0 Å². The van der Waals surface area contributed by atoms with Crippen molar-refractivity contribution in [2.24, 2.45) is 16.1 Å². The van der Waals surface area contributed by atoms with Crippen LogP contribution in [0.15, 0.2) is 90.0 Å². The number of aliphatic carboxylic acids is 1. The van der Waals surface area contributed by atoms with E-state index in [1.165, 1.54) is 29.1 Å². The molecule has 3 rings (SSSR count). The summed E-state index contributed by atoms with van der Waals surface area (Å²) >= 11 is 0. The molecule has 0 aliphatic rings. The zero-order chi connectivity index (χ0) is 32.1. The van der Waals surface area contributed by atoms with Gasteiger partial charge in [-0.05, 0) is 64.5 Å². The number of carboxylic acid groups (broad SMARTS) is 1. The van der Waals surface area contributed by atoms with Gasteiger partial charge in [-0.15, -0.1) is 0 Å². The first kappa shape index (κ1) is 32.7. The van der Waals surface area contributed by atoms with Crippen LogP contribution in [-0.4, -0.2) is 32.9 Å². The highest BCUT2D eigenvalue weighted by atomic mass is 19.1. The molecule has 0 aliphatic carbocycles. The van der Waals surface area contributed by atoms with Crippen molar-refractivity contribution < 1.29 is 23.5 Å². The van der Waals surface area contributed by atoms with E-state index in [2.05, 4.69) is 28.6 Å². The summed E-state index contributed by atoms with van der Waals surface area (Å²) < 4.78 is 29.8. The first-order valence-corrected chi connectivity index (χ1v) is 13.5. The van der Waals surface area contributed by atoms with Gasteiger partial charge in [0.25, 0.3) is 0 Å². The van der Waals surface area contributed by atoms with Gasteiger partial charge < -0.3 is 21.0 Å². The Morgan fingerprint density at radius 2 is 1.84 bits per heavy atom. The van der Waals surface area contributed by atoms with Gasteiger partial charge in [0.2, 0.25) is 0 Å². The lowest BCUT2D eigenvalue weighted by molar-refractivity contribution is -0.147. The van der Waals surface area contributed by atoms with E-state index >= 15 is 0 Å². The maximum absolute atomic E-state index is 14.2. The van der Waals surface area contributed by atoms with Crippen molar-refractivity contribution >= 4 is 29.2 Å². The van der Waals surface area contributed by atoms with Crippen LogP contribution in [0.25, 0.3) is 5.57 Å². The molecule has 0 saturated carbocycles. The number of benzene rings is 2. The number of anilines is 1. The average Bonchev–Trinajstić information content (AvgIpc) is 3.40. The van der Waals surface area contributed by atoms with Gasteiger partial charge in [0.05, 0.1) is 23.6 Å². The molecule has 8 nitrogen and oxygen atoms in total. The summed E-state index contributed by atoms with van der Waals surface area (Å²) in [6.45, 7) is 16.6. The van der Waals surface area contributed by atoms with Crippen LogP contribution in [0.4, 0.5) is 14.5 Å². The number of allylic oxidation sites excluding steroid dienone is 3. The molecule has 43 heavy (non-hydrogen) atoms. The van der Waals surface area contributed by atoms with Gasteiger partial charge >= 0.3 is 5.97 Å². The molecule has 0 fully saturated rings. The maximum atomic E-state index is 14.2. The van der Waals surface area contributed by atoms with E-state index in [0.29, 0.717) is 44.8 Å². The van der Waals surface area contributed by atoms with E-state index in [1.807, 2.05) is 0 Å². The normalized spacial score (nSPS) is 14.0. The van der Waals surface area contributed by atoms with Crippen molar-refractivity contribution in [1.29, 1.82) is 0 Å². The zero-order valence-corrected chi connectivity index (χ0v) is 25.0. The highest BCUT2D eigenvalue weighted by molar-refractivity contribution is 6.23. The molecular weight excluding hydrogens is 552 g/mol. The highest BCUT2D eigenvalue weighted by Gasteiger charge is 2.36. The third-order valence-electron chi connectivity index (χ3n) is 7.27. The largest absolute Gasteiger partial charge is 0.481 e. The fourth-order valence-corrected chi connectivity index (χ4v) is 4.65. The number of carboxylic acids is 1. The second-order valence-electron chi connectivity index (χ2n) is 11.3. The second kappa shape index (κ2) is 13.0. The molecule has 226 valence electrons. The predicted octanol–water partition coefficient (Wildman–Crippen LogP) is 6.26. The Labute approximate surface area is 250 Å². The van der Waals surface area contributed by atoms with E-state index < -0.39 is 22.6 Å². The first-order valence-electron chi connectivity index (χ1n) is 13.5. The maximum Gasteiger partial charge on any atom is 0.310 e. The fourth-order valence-electron chi connectivity index (χ4n) is 4.65. The molecule has 0 spiro atoms. The Balaban J connectivity index is 1.99. The van der Waals surface area contributed by atoms with Crippen molar-refractivity contribution in [3.63, 3.8) is 0 Å². The monoisotopic (exact) mass is 589 g/mol. The second-order valence-corrected chi connectivity index (χ2v) is 11.3. The molecule has 3 aromatic rings. The molecule has 0 saturated heterocycles. The molecule has 1 unspecified atom stereocenters. The lowest BCUT2D eigenvalue weighted by Gasteiger charge is -2.27. The Morgan fingerprint density at radius 3 is 2.44 bits per heavy atom. The molecule has 1 aromatic heterocycles. The third-order valence-corrected chi connectivity index (χ3v) is 7.27. The topological polar surface area (TPSA) is 123 Å². The molecule has 4 N–H and O–H groups in total. The van der Waals surface area contributed by atoms with E-state index in [0.717, 1.165) is 6.29 Å². The molecule has 1 heterocycles. The minimum atomic E-state index is -1.31. The fraction of sp³-hybridized carbons (Fsp3) is 0.273. The number of carbonyl (C=O) groups excluding carboxylic acids is 1. The SMILES string of the molecule is C=C(C)/C(=C(/N)N=C(C)C(=C)c1ccc(F)cc1NCc1ccccc1F)C(C)(C=O)c1cnn(CC(C)(C)C(=O)O)c1. The van der Waals surface area contributed by atoms with E-state index in [4.69, 9.17) is 5.73 Å². The number of hydrogen-bond donors (Lipinski definition) is 3. The van der Waals surface area contributed by atoms with Crippen molar-refractivity contribution in [3.05, 3.63) is 113 Å². The predicted molar refractivity (Wildman–Crippen MR) is 165 cm³/mol. The Kier molecular flexibility index (Phi) is 9.85. The van der Waals surface area contributed by atoms with E-state index in [9.17, 15) is 23.5 Å². The summed E-state index contributed by atoms with van der Waals surface area (Å²) in [5.74, 6) is -1.84. The van der Waals surface area contributed by atoms with Gasteiger partial charge in [0.15, 0.2) is 0 Å². The van der Waals surface area contributed by atoms with Crippen molar-refractivity contribution in [2.75, 3.05) is 5.32 Å². The third kappa shape index (κ3) is 7.32. The van der Waals surface area contributed by atoms with Crippen LogP contribution in [0.2, 0.25) is 0 Å². The first-order chi connectivity index (χ1) is 20.1. The number of hydrogen-bond acceptors (Lipinski definition) is 6. The smallest absolute Gasteiger partial charge is 0.310 e. The molecule has 1 atom stereocenters. The quantitative estimate of drug-likeness (QED) is 0.123. The van der Waals surface area contributed by atoms with Gasteiger partial charge in [0, 0.05) is 46.4 Å². The van der Waals surface area contributed by atoms with Crippen molar-refractivity contribution in [2.45, 2.75) is 53.1 Å². The minimum Gasteiger partial charge on any atom is -0.481 e.